The Hall–Kier alpha value is -2.87. The van der Waals surface area contributed by atoms with Crippen LogP contribution in [0.25, 0.3) is 0 Å². The number of rotatable bonds is 14. The molecule has 1 N–H and O–H groups in total. The average molecular weight is 530 g/mol. The molecule has 0 spiro atoms. The van der Waals surface area contributed by atoms with Gasteiger partial charge < -0.3 is 10.2 Å². The number of amides is 2. The monoisotopic (exact) mass is 529 g/mol. The minimum absolute atomic E-state index is 0.140. The number of nitrogens with one attached hydrogen (secondary N) is 1. The Morgan fingerprint density at radius 3 is 2.19 bits per heavy atom. The third-order valence-electron chi connectivity index (χ3n) is 6.62. The molecule has 0 saturated carbocycles. The fourth-order valence-electron chi connectivity index (χ4n) is 4.20. The van der Waals surface area contributed by atoms with Crippen LogP contribution in [0.1, 0.15) is 68.2 Å². The lowest BCUT2D eigenvalue weighted by Gasteiger charge is -2.31. The van der Waals surface area contributed by atoms with Crippen molar-refractivity contribution < 1.29 is 18.0 Å². The molecule has 0 heterocycles. The average Bonchev–Trinajstić information content (AvgIpc) is 2.84. The predicted octanol–water partition coefficient (Wildman–Crippen LogP) is 4.88. The van der Waals surface area contributed by atoms with Gasteiger partial charge in [0.15, 0.2) is 0 Å². The highest BCUT2D eigenvalue weighted by atomic mass is 32.2. The van der Waals surface area contributed by atoms with E-state index >= 15 is 0 Å². The normalized spacial score (nSPS) is 12.2. The molecule has 1 atom stereocenters. The first-order valence-electron chi connectivity index (χ1n) is 13.2. The van der Waals surface area contributed by atoms with Crippen molar-refractivity contribution in [3.05, 3.63) is 64.7 Å². The summed E-state index contributed by atoms with van der Waals surface area (Å²) in [6.07, 6.45) is 4.02. The van der Waals surface area contributed by atoms with Crippen LogP contribution in [0, 0.1) is 20.8 Å². The zero-order chi connectivity index (χ0) is 27.6. The van der Waals surface area contributed by atoms with Gasteiger partial charge in [-0.3, -0.25) is 13.9 Å². The first-order valence-corrected chi connectivity index (χ1v) is 15.0. The predicted molar refractivity (Wildman–Crippen MR) is 151 cm³/mol. The molecular weight excluding hydrogens is 486 g/mol. The standard InChI is InChI=1S/C29H43N3O4S/c1-7-9-18-30-29(34)27(8-2)31(21-25-15-12-22(3)13-16-25)28(33)11-10-19-32(37(6,35)36)26-17-14-23(4)24(5)20-26/h12-17,20,27H,7-11,18-19,21H2,1-6H3,(H,30,34)/t27-/m1/s1. The molecule has 2 amide bonds. The molecule has 7 nitrogen and oxygen atoms in total. The van der Waals surface area contributed by atoms with E-state index in [0.717, 1.165) is 35.1 Å². The van der Waals surface area contributed by atoms with Gasteiger partial charge in [0.05, 0.1) is 11.9 Å². The van der Waals surface area contributed by atoms with Gasteiger partial charge in [-0.05, 0) is 68.9 Å². The van der Waals surface area contributed by atoms with Gasteiger partial charge in [0.2, 0.25) is 21.8 Å². The van der Waals surface area contributed by atoms with E-state index in [2.05, 4.69) is 12.2 Å². The molecule has 0 fully saturated rings. The van der Waals surface area contributed by atoms with Gasteiger partial charge in [-0.15, -0.1) is 0 Å². The summed E-state index contributed by atoms with van der Waals surface area (Å²) >= 11 is 0. The smallest absolute Gasteiger partial charge is 0.242 e. The molecule has 2 aromatic rings. The van der Waals surface area contributed by atoms with Gasteiger partial charge in [-0.1, -0.05) is 56.2 Å². The third kappa shape index (κ3) is 9.18. The molecular formula is C29H43N3O4S. The minimum Gasteiger partial charge on any atom is -0.354 e. The quantitative estimate of drug-likeness (QED) is 0.353. The SMILES string of the molecule is CCCCNC(=O)[C@@H](CC)N(Cc1ccc(C)cc1)C(=O)CCCN(c1ccc(C)c(C)c1)S(C)(=O)=O. The third-order valence-corrected chi connectivity index (χ3v) is 7.81. The maximum Gasteiger partial charge on any atom is 0.242 e. The van der Waals surface area contributed by atoms with Crippen LogP contribution in [0.5, 0.6) is 0 Å². The zero-order valence-electron chi connectivity index (χ0n) is 23.2. The number of hydrogen-bond acceptors (Lipinski definition) is 4. The fraction of sp³-hybridized carbons (Fsp3) is 0.517. The van der Waals surface area contributed by atoms with Crippen LogP contribution >= 0.6 is 0 Å². The summed E-state index contributed by atoms with van der Waals surface area (Å²) in [7, 11) is -3.52. The Balaban J connectivity index is 2.20. The molecule has 0 aliphatic heterocycles. The van der Waals surface area contributed by atoms with Crippen molar-refractivity contribution in [3.8, 4) is 0 Å². The van der Waals surface area contributed by atoms with E-state index < -0.39 is 16.1 Å². The Bertz CT molecular complexity index is 1150. The van der Waals surface area contributed by atoms with Gasteiger partial charge >= 0.3 is 0 Å². The van der Waals surface area contributed by atoms with Crippen LogP contribution in [0.3, 0.4) is 0 Å². The second-order valence-electron chi connectivity index (χ2n) is 9.78. The van der Waals surface area contributed by atoms with E-state index in [1.807, 2.05) is 64.1 Å². The molecule has 2 rings (SSSR count). The van der Waals surface area contributed by atoms with Crippen LogP contribution in [0.2, 0.25) is 0 Å². The highest BCUT2D eigenvalue weighted by molar-refractivity contribution is 7.92. The van der Waals surface area contributed by atoms with Gasteiger partial charge in [0, 0.05) is 26.1 Å². The highest BCUT2D eigenvalue weighted by Gasteiger charge is 2.28. The molecule has 204 valence electrons. The number of carbonyl (C=O) groups is 2. The van der Waals surface area contributed by atoms with Crippen molar-refractivity contribution >= 4 is 27.5 Å². The molecule has 0 aliphatic rings. The van der Waals surface area contributed by atoms with Crippen LogP contribution in [0.4, 0.5) is 5.69 Å². The molecule has 8 heteroatoms. The highest BCUT2D eigenvalue weighted by Crippen LogP contribution is 2.22. The Labute approximate surface area is 223 Å². The summed E-state index contributed by atoms with van der Waals surface area (Å²) in [5, 5.41) is 2.97. The number of aryl methyl sites for hydroxylation is 3. The summed E-state index contributed by atoms with van der Waals surface area (Å²) < 4.78 is 26.5. The summed E-state index contributed by atoms with van der Waals surface area (Å²) in [6, 6.07) is 12.9. The van der Waals surface area contributed by atoms with Crippen molar-refractivity contribution in [2.24, 2.45) is 0 Å². The summed E-state index contributed by atoms with van der Waals surface area (Å²) in [4.78, 5) is 28.1. The van der Waals surface area contributed by atoms with E-state index in [1.165, 1.54) is 10.6 Å². The van der Waals surface area contributed by atoms with Gasteiger partial charge in [-0.25, -0.2) is 8.42 Å². The number of unbranched alkanes of at least 4 members (excludes halogenated alkanes) is 1. The van der Waals surface area contributed by atoms with E-state index in [0.29, 0.717) is 31.6 Å². The number of sulfonamides is 1. The fourth-order valence-corrected chi connectivity index (χ4v) is 5.16. The maximum atomic E-state index is 13.5. The number of carbonyl (C=O) groups excluding carboxylic acids is 2. The van der Waals surface area contributed by atoms with E-state index in [-0.39, 0.29) is 24.8 Å². The second-order valence-corrected chi connectivity index (χ2v) is 11.7. The molecule has 0 aliphatic carbocycles. The summed E-state index contributed by atoms with van der Waals surface area (Å²) in [6.45, 7) is 11.0. The maximum absolute atomic E-state index is 13.5. The van der Waals surface area contributed by atoms with E-state index in [1.54, 1.807) is 11.0 Å². The van der Waals surface area contributed by atoms with Crippen LogP contribution in [0.15, 0.2) is 42.5 Å². The van der Waals surface area contributed by atoms with Crippen LogP contribution in [-0.4, -0.2) is 50.5 Å². The zero-order valence-corrected chi connectivity index (χ0v) is 24.0. The lowest BCUT2D eigenvalue weighted by Crippen LogP contribution is -2.49. The molecule has 0 aromatic heterocycles. The lowest BCUT2D eigenvalue weighted by molar-refractivity contribution is -0.141. The van der Waals surface area contributed by atoms with Crippen LogP contribution < -0.4 is 9.62 Å². The molecule has 0 unspecified atom stereocenters. The van der Waals surface area contributed by atoms with E-state index in [9.17, 15) is 18.0 Å². The van der Waals surface area contributed by atoms with Crippen LogP contribution in [-0.2, 0) is 26.2 Å². The summed E-state index contributed by atoms with van der Waals surface area (Å²) in [5.74, 6) is -0.309. The van der Waals surface area contributed by atoms with Crippen molar-refractivity contribution in [1.82, 2.24) is 10.2 Å². The first kappa shape index (κ1) is 30.4. The Morgan fingerprint density at radius 1 is 0.946 bits per heavy atom. The Morgan fingerprint density at radius 2 is 1.62 bits per heavy atom. The van der Waals surface area contributed by atoms with Crippen molar-refractivity contribution in [2.45, 2.75) is 79.3 Å². The first-order chi connectivity index (χ1) is 17.5. The van der Waals surface area contributed by atoms with Gasteiger partial charge in [0.25, 0.3) is 0 Å². The molecule has 0 saturated heterocycles. The number of benzene rings is 2. The lowest BCUT2D eigenvalue weighted by atomic mass is 10.1. The number of nitrogens with zero attached hydrogens (tertiary/aromatic N) is 2. The van der Waals surface area contributed by atoms with Gasteiger partial charge in [0.1, 0.15) is 6.04 Å². The molecule has 37 heavy (non-hydrogen) atoms. The minimum atomic E-state index is -3.52. The van der Waals surface area contributed by atoms with Crippen molar-refractivity contribution in [2.75, 3.05) is 23.7 Å². The molecule has 2 aromatic carbocycles. The summed E-state index contributed by atoms with van der Waals surface area (Å²) in [5.41, 5.74) is 4.76. The second kappa shape index (κ2) is 14.2. The molecule has 0 bridgehead atoms. The Kier molecular flexibility index (Phi) is 11.6. The molecule has 0 radical (unpaired) electrons. The van der Waals surface area contributed by atoms with Crippen molar-refractivity contribution in [1.29, 1.82) is 0 Å². The number of hydrogen-bond donors (Lipinski definition) is 1. The number of anilines is 1. The largest absolute Gasteiger partial charge is 0.354 e. The van der Waals surface area contributed by atoms with Crippen molar-refractivity contribution in [3.63, 3.8) is 0 Å². The topological polar surface area (TPSA) is 86.8 Å². The van der Waals surface area contributed by atoms with E-state index in [4.69, 9.17) is 0 Å². The van der Waals surface area contributed by atoms with Gasteiger partial charge in [-0.2, -0.15) is 0 Å².